The molecule has 0 spiro atoms. The second-order valence-corrected chi connectivity index (χ2v) is 2.18. The van der Waals surface area contributed by atoms with Crippen LogP contribution in [0.15, 0.2) is 0 Å². The van der Waals surface area contributed by atoms with Gasteiger partial charge in [-0.3, -0.25) is 4.79 Å². The fourth-order valence-electron chi connectivity index (χ4n) is 0. The van der Waals surface area contributed by atoms with Crippen molar-refractivity contribution in [1.82, 2.24) is 0 Å². The maximum absolute atomic E-state index is 9.22. The SMILES string of the molecule is CC(N)=O.[Mg+2].[Na+].[O-][Si]([O-])([O-])O. The van der Waals surface area contributed by atoms with E-state index in [0.717, 1.165) is 0 Å². The van der Waals surface area contributed by atoms with Crippen LogP contribution in [0.5, 0.6) is 0 Å². The minimum Gasteiger partial charge on any atom is -0.861 e. The largest absolute Gasteiger partial charge is 2.00 e. The molecule has 6 nitrogen and oxygen atoms in total. The maximum atomic E-state index is 9.22. The van der Waals surface area contributed by atoms with E-state index >= 15 is 0 Å². The topological polar surface area (TPSA) is 132 Å². The fourth-order valence-corrected chi connectivity index (χ4v) is 0. The van der Waals surface area contributed by atoms with Crippen LogP contribution in [0.1, 0.15) is 6.92 Å². The first kappa shape index (κ1) is 22.8. The first-order chi connectivity index (χ1) is 3.73. The van der Waals surface area contributed by atoms with Crippen LogP contribution < -0.4 is 49.7 Å². The van der Waals surface area contributed by atoms with E-state index in [0.29, 0.717) is 0 Å². The summed E-state index contributed by atoms with van der Waals surface area (Å²) in [5.74, 6) is -0.333. The Morgan fingerprint density at radius 3 is 1.45 bits per heavy atom. The monoisotopic (exact) mass is 199 g/mol. The predicted molar refractivity (Wildman–Crippen MR) is 28.6 cm³/mol. The third kappa shape index (κ3) is 583. The minimum absolute atomic E-state index is 0. The smallest absolute Gasteiger partial charge is 0.861 e. The molecule has 56 valence electrons. The van der Waals surface area contributed by atoms with Crippen molar-refractivity contribution >= 4 is 38.0 Å². The van der Waals surface area contributed by atoms with Crippen molar-refractivity contribution in [3.8, 4) is 0 Å². The van der Waals surface area contributed by atoms with Gasteiger partial charge in [-0.15, -0.1) is 9.05 Å². The van der Waals surface area contributed by atoms with Gasteiger partial charge < -0.3 is 24.9 Å². The molecular weight excluding hydrogens is 193 g/mol. The Morgan fingerprint density at radius 2 is 1.45 bits per heavy atom. The zero-order valence-corrected chi connectivity index (χ0v) is 10.8. The number of rotatable bonds is 0. The van der Waals surface area contributed by atoms with Gasteiger partial charge in [-0.25, -0.2) is 0 Å². The molecule has 0 atom stereocenters. The zero-order valence-electron chi connectivity index (χ0n) is 6.36. The molecule has 0 saturated heterocycles. The Bertz CT molecular complexity index is 87.0. The van der Waals surface area contributed by atoms with E-state index in [1.54, 1.807) is 0 Å². The molecule has 0 aromatic heterocycles. The average Bonchev–Trinajstić information content (AvgIpc) is 1.19. The van der Waals surface area contributed by atoms with Gasteiger partial charge in [-0.2, -0.15) is 0 Å². The van der Waals surface area contributed by atoms with Crippen molar-refractivity contribution in [2.24, 2.45) is 5.73 Å². The summed E-state index contributed by atoms with van der Waals surface area (Å²) in [5, 5.41) is 0. The van der Waals surface area contributed by atoms with Gasteiger partial charge in [-0.1, -0.05) is 0 Å². The molecule has 0 aromatic rings. The van der Waals surface area contributed by atoms with Crippen LogP contribution in [0.2, 0.25) is 0 Å². The molecular formula is C2H6MgNNaO5Si. The summed E-state index contributed by atoms with van der Waals surface area (Å²) >= 11 is 0. The quantitative estimate of drug-likeness (QED) is 0.374. The third-order valence-electron chi connectivity index (χ3n) is 0. The van der Waals surface area contributed by atoms with Crippen molar-refractivity contribution in [2.75, 3.05) is 0 Å². The molecule has 0 fully saturated rings. The summed E-state index contributed by atoms with van der Waals surface area (Å²) in [6.45, 7) is 1.31. The Morgan fingerprint density at radius 1 is 1.45 bits per heavy atom. The van der Waals surface area contributed by atoms with Crippen LogP contribution in [0.25, 0.3) is 0 Å². The van der Waals surface area contributed by atoms with Gasteiger partial charge in [0.05, 0.1) is 0 Å². The van der Waals surface area contributed by atoms with Crippen LogP contribution in [0.4, 0.5) is 0 Å². The second-order valence-electron chi connectivity index (χ2n) is 1.13. The van der Waals surface area contributed by atoms with Crippen molar-refractivity contribution in [1.29, 1.82) is 0 Å². The molecule has 0 heterocycles. The van der Waals surface area contributed by atoms with Crippen LogP contribution >= 0.6 is 0 Å². The van der Waals surface area contributed by atoms with Crippen molar-refractivity contribution in [3.63, 3.8) is 0 Å². The van der Waals surface area contributed by atoms with Crippen LogP contribution in [0, 0.1) is 0 Å². The van der Waals surface area contributed by atoms with E-state index in [2.05, 4.69) is 5.73 Å². The molecule has 0 aromatic carbocycles. The average molecular weight is 199 g/mol. The number of hydrogen-bond acceptors (Lipinski definition) is 5. The number of nitrogens with two attached hydrogens (primary N) is 1. The van der Waals surface area contributed by atoms with Crippen LogP contribution in [-0.2, 0) is 4.79 Å². The molecule has 0 aliphatic rings. The molecule has 11 heavy (non-hydrogen) atoms. The van der Waals surface area contributed by atoms with Gasteiger partial charge in [0, 0.05) is 6.92 Å². The summed E-state index contributed by atoms with van der Waals surface area (Å²) in [5.41, 5.74) is 4.47. The molecule has 0 aliphatic carbocycles. The van der Waals surface area contributed by atoms with Gasteiger partial charge in [0.1, 0.15) is 0 Å². The molecule has 3 N–H and O–H groups in total. The standard InChI is InChI=1S/C2H5NO.Mg.Na.HO4Si/c1-2(3)4;;;1-5(2,3)4/h1H3,(H2,3,4);;;1H/q;+2;+1;-3. The van der Waals surface area contributed by atoms with E-state index in [1.165, 1.54) is 6.92 Å². The van der Waals surface area contributed by atoms with E-state index in [9.17, 15) is 4.79 Å². The van der Waals surface area contributed by atoms with Crippen molar-refractivity contribution in [2.45, 2.75) is 6.92 Å². The maximum Gasteiger partial charge on any atom is 2.00 e. The van der Waals surface area contributed by atoms with Gasteiger partial charge in [0.15, 0.2) is 0 Å². The van der Waals surface area contributed by atoms with E-state index < -0.39 is 9.05 Å². The van der Waals surface area contributed by atoms with Crippen molar-refractivity contribution in [3.05, 3.63) is 0 Å². The third-order valence-corrected chi connectivity index (χ3v) is 0. The molecule has 0 saturated carbocycles. The molecule has 0 unspecified atom stereocenters. The van der Waals surface area contributed by atoms with Gasteiger partial charge in [-0.05, 0) is 0 Å². The van der Waals surface area contributed by atoms with Crippen molar-refractivity contribution < 1.29 is 53.5 Å². The normalized spacial score (nSPS) is 7.73. The zero-order chi connectivity index (χ0) is 8.08. The summed E-state index contributed by atoms with van der Waals surface area (Å²) in [6, 6.07) is 0. The van der Waals surface area contributed by atoms with Gasteiger partial charge in [0.2, 0.25) is 5.91 Å². The first-order valence-corrected chi connectivity index (χ1v) is 3.50. The van der Waals surface area contributed by atoms with Crippen LogP contribution in [-0.4, -0.2) is 42.8 Å². The first-order valence-electron chi connectivity index (χ1n) is 1.83. The summed E-state index contributed by atoms with van der Waals surface area (Å²) < 4.78 is 0. The summed E-state index contributed by atoms with van der Waals surface area (Å²) in [6.07, 6.45) is 0. The number of carbonyl (C=O) groups excluding carboxylic acids is 1. The Balaban J connectivity index is -0.0000000383. The minimum atomic E-state index is -5.36. The van der Waals surface area contributed by atoms with Gasteiger partial charge >= 0.3 is 52.6 Å². The number of carbonyl (C=O) groups is 1. The Labute approximate surface area is 103 Å². The molecule has 0 aliphatic heterocycles. The van der Waals surface area contributed by atoms with Crippen LogP contribution in [0.3, 0.4) is 0 Å². The molecule has 0 radical (unpaired) electrons. The fraction of sp³-hybridized carbons (Fsp3) is 0.500. The molecule has 1 amide bonds. The van der Waals surface area contributed by atoms with E-state index in [4.69, 9.17) is 19.2 Å². The van der Waals surface area contributed by atoms with Gasteiger partial charge in [0.25, 0.3) is 0 Å². The Hall–Kier alpha value is 1.29. The molecule has 0 rings (SSSR count). The van der Waals surface area contributed by atoms with E-state index in [-0.39, 0.29) is 58.5 Å². The summed E-state index contributed by atoms with van der Waals surface area (Å²) in [7, 11) is -5.36. The predicted octanol–water partition coefficient (Wildman–Crippen LogP) is -8.39. The molecule has 9 heteroatoms. The second kappa shape index (κ2) is 11.3. The van der Waals surface area contributed by atoms with E-state index in [1.807, 2.05) is 0 Å². The number of primary amides is 1. The summed E-state index contributed by atoms with van der Waals surface area (Å²) in [4.78, 5) is 42.3. The Kier molecular flexibility index (Phi) is 23.4. The molecule has 0 bridgehead atoms. The number of hydrogen-bond donors (Lipinski definition) is 2. The number of amides is 1.